The molecular formula is C8H22N2O2Si. The smallest absolute Gasteiger partial charge is 0.156 e. The summed E-state index contributed by atoms with van der Waals surface area (Å²) in [5.74, 6) is 0. The third-order valence-corrected chi connectivity index (χ3v) is 3.15. The van der Waals surface area contributed by atoms with Crippen LogP contribution >= 0.6 is 0 Å². The Labute approximate surface area is 83.6 Å². The van der Waals surface area contributed by atoms with Crippen LogP contribution in [0.3, 0.4) is 0 Å². The molecule has 0 rings (SSSR count). The minimum absolute atomic E-state index is 0.0358. The van der Waals surface area contributed by atoms with Crippen molar-refractivity contribution in [1.29, 1.82) is 0 Å². The molecule has 3 N–H and O–H groups in total. The SMILES string of the molecule is COC(OC)C([SiH3])CCNCCN. The molecule has 0 aliphatic heterocycles. The van der Waals surface area contributed by atoms with Gasteiger partial charge >= 0.3 is 0 Å². The van der Waals surface area contributed by atoms with Gasteiger partial charge in [0.2, 0.25) is 0 Å². The Morgan fingerprint density at radius 3 is 2.38 bits per heavy atom. The van der Waals surface area contributed by atoms with Crippen molar-refractivity contribution in [3.63, 3.8) is 0 Å². The summed E-state index contributed by atoms with van der Waals surface area (Å²) in [6, 6.07) is 0. The van der Waals surface area contributed by atoms with Crippen LogP contribution in [-0.4, -0.2) is 50.4 Å². The molecule has 80 valence electrons. The number of nitrogens with two attached hydrogens (primary N) is 1. The second-order valence-electron chi connectivity index (χ2n) is 3.14. The summed E-state index contributed by atoms with van der Waals surface area (Å²) >= 11 is 0. The molecule has 0 fully saturated rings. The molecule has 1 unspecified atom stereocenters. The van der Waals surface area contributed by atoms with E-state index in [4.69, 9.17) is 15.2 Å². The van der Waals surface area contributed by atoms with Crippen LogP contribution in [0.5, 0.6) is 0 Å². The first-order valence-electron chi connectivity index (χ1n) is 4.72. The summed E-state index contributed by atoms with van der Waals surface area (Å²) in [5, 5.41) is 3.26. The predicted octanol–water partition coefficient (Wildman–Crippen LogP) is -1.30. The highest BCUT2D eigenvalue weighted by atomic mass is 28.1. The molecule has 0 heterocycles. The number of methoxy groups -OCH3 is 2. The number of hydrogen-bond acceptors (Lipinski definition) is 4. The lowest BCUT2D eigenvalue weighted by atomic mass is 10.3. The van der Waals surface area contributed by atoms with Gasteiger partial charge in [-0.3, -0.25) is 0 Å². The quantitative estimate of drug-likeness (QED) is 0.294. The fourth-order valence-corrected chi connectivity index (χ4v) is 2.09. The van der Waals surface area contributed by atoms with Crippen LogP contribution in [0.15, 0.2) is 0 Å². The number of hydrogen-bond donors (Lipinski definition) is 2. The molecule has 0 saturated heterocycles. The van der Waals surface area contributed by atoms with E-state index >= 15 is 0 Å². The van der Waals surface area contributed by atoms with E-state index in [1.54, 1.807) is 14.2 Å². The molecule has 0 amide bonds. The van der Waals surface area contributed by atoms with E-state index in [0.717, 1.165) is 29.8 Å². The van der Waals surface area contributed by atoms with Gasteiger partial charge in [0.25, 0.3) is 0 Å². The second-order valence-corrected chi connectivity index (χ2v) is 4.63. The van der Waals surface area contributed by atoms with Gasteiger partial charge < -0.3 is 20.5 Å². The molecule has 0 aliphatic rings. The van der Waals surface area contributed by atoms with E-state index < -0.39 is 0 Å². The van der Waals surface area contributed by atoms with Gasteiger partial charge in [-0.1, -0.05) is 0 Å². The summed E-state index contributed by atoms with van der Waals surface area (Å²) in [4.78, 5) is 0. The van der Waals surface area contributed by atoms with Crippen molar-refractivity contribution in [2.24, 2.45) is 5.73 Å². The third kappa shape index (κ3) is 6.17. The van der Waals surface area contributed by atoms with Crippen molar-refractivity contribution in [1.82, 2.24) is 5.32 Å². The average molecular weight is 206 g/mol. The number of nitrogens with one attached hydrogen (secondary N) is 1. The van der Waals surface area contributed by atoms with E-state index in [0.29, 0.717) is 12.1 Å². The molecule has 13 heavy (non-hydrogen) atoms. The van der Waals surface area contributed by atoms with Gasteiger partial charge in [-0.15, -0.1) is 0 Å². The van der Waals surface area contributed by atoms with Crippen LogP contribution in [0.1, 0.15) is 6.42 Å². The van der Waals surface area contributed by atoms with Crippen molar-refractivity contribution in [3.05, 3.63) is 0 Å². The fourth-order valence-electron chi connectivity index (χ4n) is 1.25. The Morgan fingerprint density at radius 2 is 1.92 bits per heavy atom. The molecular weight excluding hydrogens is 184 g/mol. The predicted molar refractivity (Wildman–Crippen MR) is 58.0 cm³/mol. The van der Waals surface area contributed by atoms with E-state index in [1.807, 2.05) is 0 Å². The molecule has 0 aromatic heterocycles. The Balaban J connectivity index is 3.42. The van der Waals surface area contributed by atoms with Gasteiger partial charge in [0.05, 0.1) is 0 Å². The maximum atomic E-state index is 5.35. The normalized spacial score (nSPS) is 13.8. The topological polar surface area (TPSA) is 56.5 Å². The van der Waals surface area contributed by atoms with Crippen LogP contribution in [0.25, 0.3) is 0 Å². The van der Waals surface area contributed by atoms with Gasteiger partial charge in [0.15, 0.2) is 6.29 Å². The van der Waals surface area contributed by atoms with Gasteiger partial charge in [-0.2, -0.15) is 0 Å². The Morgan fingerprint density at radius 1 is 1.31 bits per heavy atom. The maximum Gasteiger partial charge on any atom is 0.156 e. The minimum Gasteiger partial charge on any atom is -0.356 e. The van der Waals surface area contributed by atoms with Crippen molar-refractivity contribution in [2.75, 3.05) is 33.9 Å². The monoisotopic (exact) mass is 206 g/mol. The Kier molecular flexibility index (Phi) is 8.68. The first kappa shape index (κ1) is 13.1. The van der Waals surface area contributed by atoms with E-state index in [-0.39, 0.29) is 6.29 Å². The number of ether oxygens (including phenoxy) is 2. The molecule has 0 radical (unpaired) electrons. The lowest BCUT2D eigenvalue weighted by Crippen LogP contribution is -2.27. The van der Waals surface area contributed by atoms with Crippen molar-refractivity contribution >= 4 is 10.2 Å². The van der Waals surface area contributed by atoms with E-state index in [1.165, 1.54) is 0 Å². The van der Waals surface area contributed by atoms with Gasteiger partial charge in [0, 0.05) is 37.6 Å². The molecule has 0 aromatic carbocycles. The fraction of sp³-hybridized carbons (Fsp3) is 1.00. The molecule has 1 atom stereocenters. The molecule has 0 saturated carbocycles. The second kappa shape index (κ2) is 8.65. The molecule has 0 aromatic rings. The molecule has 4 nitrogen and oxygen atoms in total. The number of rotatable bonds is 8. The summed E-state index contributed by atoms with van der Waals surface area (Å²) in [6.45, 7) is 2.58. The van der Waals surface area contributed by atoms with Crippen molar-refractivity contribution < 1.29 is 9.47 Å². The molecule has 0 aliphatic carbocycles. The minimum atomic E-state index is -0.0358. The molecule has 0 spiro atoms. The van der Waals surface area contributed by atoms with Crippen LogP contribution in [0.2, 0.25) is 5.54 Å². The van der Waals surface area contributed by atoms with Crippen LogP contribution in [-0.2, 0) is 9.47 Å². The van der Waals surface area contributed by atoms with Crippen LogP contribution < -0.4 is 11.1 Å². The zero-order valence-corrected chi connectivity index (χ0v) is 10.9. The first-order chi connectivity index (χ1) is 6.26. The largest absolute Gasteiger partial charge is 0.356 e. The molecule has 5 heteroatoms. The molecule has 0 bridgehead atoms. The third-order valence-electron chi connectivity index (χ3n) is 2.03. The summed E-state index contributed by atoms with van der Waals surface area (Å²) in [5.41, 5.74) is 5.90. The van der Waals surface area contributed by atoms with Gasteiger partial charge in [0.1, 0.15) is 0 Å². The highest BCUT2D eigenvalue weighted by Crippen LogP contribution is 2.13. The van der Waals surface area contributed by atoms with E-state index in [9.17, 15) is 0 Å². The maximum absolute atomic E-state index is 5.35. The Hall–Kier alpha value is 0.0569. The van der Waals surface area contributed by atoms with E-state index in [2.05, 4.69) is 5.32 Å². The Bertz CT molecular complexity index is 112. The van der Waals surface area contributed by atoms with Crippen LogP contribution in [0.4, 0.5) is 0 Å². The standard InChI is InChI=1S/C8H22N2O2Si/c1-11-8(12-2)7(13)3-5-10-6-4-9/h7-8,10H,3-6,9H2,1-2,13H3. The summed E-state index contributed by atoms with van der Waals surface area (Å²) in [6.07, 6.45) is 1.06. The highest BCUT2D eigenvalue weighted by Gasteiger charge is 2.14. The van der Waals surface area contributed by atoms with Gasteiger partial charge in [-0.05, 0) is 18.5 Å². The van der Waals surface area contributed by atoms with Gasteiger partial charge in [-0.25, -0.2) is 0 Å². The average Bonchev–Trinajstić information content (AvgIpc) is 2.14. The lowest BCUT2D eigenvalue weighted by molar-refractivity contribution is -0.105. The highest BCUT2D eigenvalue weighted by molar-refractivity contribution is 6.11. The van der Waals surface area contributed by atoms with Crippen LogP contribution in [0, 0.1) is 0 Å². The van der Waals surface area contributed by atoms with Crippen molar-refractivity contribution in [2.45, 2.75) is 18.3 Å². The van der Waals surface area contributed by atoms with Crippen molar-refractivity contribution in [3.8, 4) is 0 Å². The zero-order valence-electron chi connectivity index (χ0n) is 8.88. The zero-order chi connectivity index (χ0) is 10.1. The lowest BCUT2D eigenvalue weighted by Gasteiger charge is -2.20. The summed E-state index contributed by atoms with van der Waals surface area (Å²) in [7, 11) is 4.46. The first-order valence-corrected chi connectivity index (χ1v) is 5.88. The summed E-state index contributed by atoms with van der Waals surface area (Å²) < 4.78 is 10.4.